The van der Waals surface area contributed by atoms with Crippen LogP contribution in [0.1, 0.15) is 39.8 Å². The van der Waals surface area contributed by atoms with Gasteiger partial charge in [-0.1, -0.05) is 19.1 Å². The maximum Gasteiger partial charge on any atom is 0.289 e. The number of rotatable bonds is 8. The highest BCUT2D eigenvalue weighted by molar-refractivity contribution is 6.44. The fraction of sp³-hybridized carbons (Fsp3) is 0.238. The third-order valence-corrected chi connectivity index (χ3v) is 4.63. The van der Waals surface area contributed by atoms with E-state index in [1.165, 1.54) is 12.1 Å². The second-order valence-corrected chi connectivity index (χ2v) is 6.72. The standard InChI is InChI=1S/C21H20FN3O5/c1-3-14-15(8-12-4-6-13(22)7-5-12)25-9-11(2)24-21(30-10-16(26)27)18(25)17(14)19(28)20(23)29/h4-7,9H,3,8,10H2,1-2H3,(H2,23,29)(H,26,27)/p-1. The van der Waals surface area contributed by atoms with Gasteiger partial charge in [0.25, 0.3) is 11.7 Å². The summed E-state index contributed by atoms with van der Waals surface area (Å²) in [5.41, 5.74) is 7.90. The number of amides is 1. The van der Waals surface area contributed by atoms with Gasteiger partial charge in [0, 0.05) is 18.3 Å². The Labute approximate surface area is 171 Å². The van der Waals surface area contributed by atoms with Crippen molar-refractivity contribution >= 4 is 23.2 Å². The predicted octanol–water partition coefficient (Wildman–Crippen LogP) is 0.732. The summed E-state index contributed by atoms with van der Waals surface area (Å²) < 4.78 is 20.2. The number of nitrogens with zero attached hydrogens (tertiary/aromatic N) is 2. The van der Waals surface area contributed by atoms with E-state index in [4.69, 9.17) is 10.5 Å². The highest BCUT2D eigenvalue weighted by atomic mass is 19.1. The molecule has 156 valence electrons. The van der Waals surface area contributed by atoms with Crippen LogP contribution in [-0.2, 0) is 22.4 Å². The molecule has 0 aliphatic rings. The first kappa shape index (κ1) is 21.0. The maximum atomic E-state index is 13.3. The van der Waals surface area contributed by atoms with Crippen molar-refractivity contribution in [2.45, 2.75) is 26.7 Å². The lowest BCUT2D eigenvalue weighted by Crippen LogP contribution is -2.29. The minimum absolute atomic E-state index is 0.0166. The summed E-state index contributed by atoms with van der Waals surface area (Å²) in [6.45, 7) is 2.70. The van der Waals surface area contributed by atoms with Crippen molar-refractivity contribution in [1.29, 1.82) is 0 Å². The summed E-state index contributed by atoms with van der Waals surface area (Å²) in [6, 6.07) is 5.89. The van der Waals surface area contributed by atoms with Gasteiger partial charge in [-0.3, -0.25) is 9.59 Å². The van der Waals surface area contributed by atoms with E-state index >= 15 is 0 Å². The minimum Gasteiger partial charge on any atom is -0.546 e. The average molecular weight is 412 g/mol. The number of carbonyl (C=O) groups excluding carboxylic acids is 3. The van der Waals surface area contributed by atoms with Crippen molar-refractivity contribution in [1.82, 2.24) is 9.38 Å². The Bertz CT molecular complexity index is 1150. The number of carboxylic acid groups (broad SMARTS) is 1. The molecule has 30 heavy (non-hydrogen) atoms. The first-order chi connectivity index (χ1) is 14.2. The molecule has 0 aliphatic carbocycles. The lowest BCUT2D eigenvalue weighted by atomic mass is 9.99. The largest absolute Gasteiger partial charge is 0.546 e. The van der Waals surface area contributed by atoms with E-state index in [1.807, 2.05) is 6.92 Å². The van der Waals surface area contributed by atoms with Gasteiger partial charge in [-0.25, -0.2) is 9.37 Å². The van der Waals surface area contributed by atoms with Gasteiger partial charge in [0.2, 0.25) is 5.88 Å². The average Bonchev–Trinajstić information content (AvgIpc) is 3.00. The number of nitrogens with two attached hydrogens (primary N) is 1. The molecule has 0 saturated heterocycles. The van der Waals surface area contributed by atoms with Gasteiger partial charge in [-0.15, -0.1) is 0 Å². The number of hydrogen-bond donors (Lipinski definition) is 1. The number of aromatic nitrogens is 2. The Morgan fingerprint density at radius 2 is 1.90 bits per heavy atom. The van der Waals surface area contributed by atoms with Crippen LogP contribution in [0.2, 0.25) is 0 Å². The predicted molar refractivity (Wildman–Crippen MR) is 103 cm³/mol. The van der Waals surface area contributed by atoms with Crippen LogP contribution >= 0.6 is 0 Å². The number of fused-ring (bicyclic) bond motifs is 1. The molecular formula is C21H19FN3O5-. The molecule has 0 unspecified atom stereocenters. The Hall–Kier alpha value is -3.75. The second-order valence-electron chi connectivity index (χ2n) is 6.72. The van der Waals surface area contributed by atoms with E-state index < -0.39 is 24.3 Å². The van der Waals surface area contributed by atoms with Crippen molar-refractivity contribution in [2.24, 2.45) is 5.73 Å². The van der Waals surface area contributed by atoms with Gasteiger partial charge in [-0.2, -0.15) is 0 Å². The zero-order valence-corrected chi connectivity index (χ0v) is 16.4. The highest BCUT2D eigenvalue weighted by Crippen LogP contribution is 2.32. The second kappa shape index (κ2) is 8.32. The molecule has 0 aliphatic heterocycles. The summed E-state index contributed by atoms with van der Waals surface area (Å²) in [5.74, 6) is -4.05. The van der Waals surface area contributed by atoms with Gasteiger partial charge in [0.05, 0.1) is 17.2 Å². The number of ketones is 1. The van der Waals surface area contributed by atoms with E-state index in [0.717, 1.165) is 5.56 Å². The van der Waals surface area contributed by atoms with Crippen LogP contribution in [0.15, 0.2) is 30.5 Å². The molecule has 9 heteroatoms. The van der Waals surface area contributed by atoms with Crippen LogP contribution in [0.5, 0.6) is 5.88 Å². The quantitative estimate of drug-likeness (QED) is 0.429. The van der Waals surface area contributed by atoms with Crippen molar-refractivity contribution in [3.8, 4) is 5.88 Å². The van der Waals surface area contributed by atoms with Gasteiger partial charge >= 0.3 is 0 Å². The molecule has 0 radical (unpaired) electrons. The van der Waals surface area contributed by atoms with Gasteiger partial charge in [-0.05, 0) is 36.6 Å². The third-order valence-electron chi connectivity index (χ3n) is 4.63. The fourth-order valence-corrected chi connectivity index (χ4v) is 3.43. The van der Waals surface area contributed by atoms with Crippen LogP contribution < -0.4 is 15.6 Å². The van der Waals surface area contributed by atoms with E-state index in [1.54, 1.807) is 29.7 Å². The maximum absolute atomic E-state index is 13.3. The molecule has 0 fully saturated rings. The van der Waals surface area contributed by atoms with Gasteiger partial charge in [0.15, 0.2) is 0 Å². The molecule has 0 bridgehead atoms. The fourth-order valence-electron chi connectivity index (χ4n) is 3.43. The number of aliphatic carboxylic acids is 1. The van der Waals surface area contributed by atoms with Crippen molar-refractivity contribution in [2.75, 3.05) is 6.61 Å². The molecule has 2 heterocycles. The molecule has 1 amide bonds. The van der Waals surface area contributed by atoms with Crippen LogP contribution in [0.25, 0.3) is 5.52 Å². The Morgan fingerprint density at radius 1 is 1.23 bits per heavy atom. The lowest BCUT2D eigenvalue weighted by molar-refractivity contribution is -0.307. The number of hydrogen-bond acceptors (Lipinski definition) is 6. The molecule has 0 atom stereocenters. The number of primary amides is 1. The van der Waals surface area contributed by atoms with Crippen LogP contribution in [-0.4, -0.2) is 33.7 Å². The zero-order chi connectivity index (χ0) is 22.0. The smallest absolute Gasteiger partial charge is 0.289 e. The van der Waals surface area contributed by atoms with E-state index in [2.05, 4.69) is 4.98 Å². The molecule has 2 aromatic heterocycles. The summed E-state index contributed by atoms with van der Waals surface area (Å²) >= 11 is 0. The number of ether oxygens (including phenoxy) is 1. The molecule has 2 N–H and O–H groups in total. The van der Waals surface area contributed by atoms with Crippen molar-refractivity contribution in [3.63, 3.8) is 0 Å². The lowest BCUT2D eigenvalue weighted by Gasteiger charge is -2.11. The Kier molecular flexibility index (Phi) is 5.81. The highest BCUT2D eigenvalue weighted by Gasteiger charge is 2.28. The third kappa shape index (κ3) is 4.00. The number of Topliss-reactive ketones (excluding diaryl/α,β-unsaturated/α-hetero) is 1. The van der Waals surface area contributed by atoms with Crippen molar-refractivity contribution in [3.05, 3.63) is 64.4 Å². The molecule has 0 saturated carbocycles. The van der Waals surface area contributed by atoms with E-state index in [9.17, 15) is 23.9 Å². The number of aryl methyl sites for hydroxylation is 1. The summed E-state index contributed by atoms with van der Waals surface area (Å²) in [4.78, 5) is 39.5. The molecule has 0 spiro atoms. The molecule has 3 rings (SSSR count). The normalized spacial score (nSPS) is 10.9. The van der Waals surface area contributed by atoms with Crippen LogP contribution in [0, 0.1) is 12.7 Å². The number of benzene rings is 1. The topological polar surface area (TPSA) is 127 Å². The van der Waals surface area contributed by atoms with Crippen molar-refractivity contribution < 1.29 is 28.6 Å². The first-order valence-electron chi connectivity index (χ1n) is 9.17. The summed E-state index contributed by atoms with van der Waals surface area (Å²) in [7, 11) is 0. The SMILES string of the molecule is CCc1c(C(=O)C(N)=O)c2c(OCC(=O)[O-])nc(C)cn2c1Cc1ccc(F)cc1. The Balaban J connectivity index is 2.31. The Morgan fingerprint density at radius 3 is 2.47 bits per heavy atom. The number of carboxylic acids is 1. The van der Waals surface area contributed by atoms with Gasteiger partial charge < -0.3 is 24.8 Å². The molecular weight excluding hydrogens is 393 g/mol. The zero-order valence-electron chi connectivity index (χ0n) is 16.4. The molecule has 8 nitrogen and oxygen atoms in total. The summed E-state index contributed by atoms with van der Waals surface area (Å²) in [5, 5.41) is 10.9. The monoisotopic (exact) mass is 412 g/mol. The first-order valence-corrected chi connectivity index (χ1v) is 9.17. The van der Waals surface area contributed by atoms with Gasteiger partial charge in [0.1, 0.15) is 17.9 Å². The van der Waals surface area contributed by atoms with E-state index in [-0.39, 0.29) is 22.8 Å². The number of halogens is 1. The minimum atomic E-state index is -1.46. The summed E-state index contributed by atoms with van der Waals surface area (Å²) in [6.07, 6.45) is 2.35. The van der Waals surface area contributed by atoms with E-state index in [0.29, 0.717) is 29.8 Å². The van der Waals surface area contributed by atoms with Crippen LogP contribution in [0.3, 0.4) is 0 Å². The number of carbonyl (C=O) groups is 3. The molecule has 3 aromatic rings. The molecule has 1 aromatic carbocycles. The van der Waals surface area contributed by atoms with Crippen LogP contribution in [0.4, 0.5) is 4.39 Å².